The van der Waals surface area contributed by atoms with Crippen LogP contribution in [0.25, 0.3) is 0 Å². The molecule has 2 N–H and O–H groups in total. The average molecular weight is 412 g/mol. The fourth-order valence-electron chi connectivity index (χ4n) is 3.55. The highest BCUT2D eigenvalue weighted by atomic mass is 16.7. The van der Waals surface area contributed by atoms with Crippen LogP contribution in [0.3, 0.4) is 0 Å². The number of hydrogen-bond acceptors (Lipinski definition) is 6. The number of carbonyl (C=O) groups excluding carboxylic acids is 2. The highest BCUT2D eigenvalue weighted by molar-refractivity contribution is 6.07. The van der Waals surface area contributed by atoms with Crippen molar-refractivity contribution in [3.8, 4) is 11.5 Å². The molecule has 2 aromatic carbocycles. The van der Waals surface area contributed by atoms with E-state index in [0.717, 1.165) is 16.0 Å². The van der Waals surface area contributed by atoms with Crippen molar-refractivity contribution in [2.24, 2.45) is 0 Å². The van der Waals surface area contributed by atoms with Crippen molar-refractivity contribution < 1.29 is 28.9 Å². The van der Waals surface area contributed by atoms with E-state index in [1.54, 1.807) is 13.0 Å². The van der Waals surface area contributed by atoms with E-state index in [1.165, 1.54) is 0 Å². The van der Waals surface area contributed by atoms with Gasteiger partial charge in [-0.05, 0) is 37.1 Å². The lowest BCUT2D eigenvalue weighted by atomic mass is 9.91. The maximum atomic E-state index is 12.9. The molecule has 2 aliphatic heterocycles. The number of rotatable bonds is 7. The number of benzene rings is 2. The number of urea groups is 1. The van der Waals surface area contributed by atoms with Crippen molar-refractivity contribution in [1.29, 1.82) is 0 Å². The fraction of sp³-hybridized carbons (Fsp3) is 0.364. The quantitative estimate of drug-likeness (QED) is 0.676. The summed E-state index contributed by atoms with van der Waals surface area (Å²) in [6, 6.07) is 12.4. The highest BCUT2D eigenvalue weighted by Crippen LogP contribution is 2.33. The summed E-state index contributed by atoms with van der Waals surface area (Å²) in [5.41, 5.74) is 1.47. The molecule has 8 nitrogen and oxygen atoms in total. The lowest BCUT2D eigenvalue weighted by molar-refractivity contribution is -0.132. The normalized spacial score (nSPS) is 21.1. The van der Waals surface area contributed by atoms with E-state index in [2.05, 4.69) is 5.32 Å². The van der Waals surface area contributed by atoms with E-state index in [9.17, 15) is 14.7 Å². The molecule has 0 bridgehead atoms. The molecule has 8 heteroatoms. The summed E-state index contributed by atoms with van der Waals surface area (Å²) in [7, 11) is 0. The van der Waals surface area contributed by atoms with Gasteiger partial charge in [-0.1, -0.05) is 35.9 Å². The lowest BCUT2D eigenvalue weighted by Gasteiger charge is -2.23. The fourth-order valence-corrected chi connectivity index (χ4v) is 3.55. The average Bonchev–Trinajstić information content (AvgIpc) is 3.27. The van der Waals surface area contributed by atoms with Gasteiger partial charge in [0.15, 0.2) is 11.5 Å². The molecule has 0 saturated carbocycles. The van der Waals surface area contributed by atoms with Gasteiger partial charge < -0.3 is 24.6 Å². The van der Waals surface area contributed by atoms with Crippen LogP contribution < -0.4 is 14.8 Å². The largest absolute Gasteiger partial charge is 0.454 e. The van der Waals surface area contributed by atoms with Gasteiger partial charge in [-0.3, -0.25) is 9.69 Å². The zero-order valence-electron chi connectivity index (χ0n) is 16.9. The van der Waals surface area contributed by atoms with E-state index in [1.807, 2.05) is 43.3 Å². The molecule has 0 aliphatic carbocycles. The third kappa shape index (κ3) is 3.83. The molecule has 0 unspecified atom stereocenters. The summed E-state index contributed by atoms with van der Waals surface area (Å²) >= 11 is 0. The molecule has 0 aromatic heterocycles. The number of fused-ring (bicyclic) bond motifs is 1. The molecule has 3 amide bonds. The summed E-state index contributed by atoms with van der Waals surface area (Å²) in [5.74, 6) is 0.950. The summed E-state index contributed by atoms with van der Waals surface area (Å²) in [5, 5.41) is 13.0. The van der Waals surface area contributed by atoms with E-state index in [4.69, 9.17) is 14.2 Å². The molecule has 1 fully saturated rings. The predicted octanol–water partition coefficient (Wildman–Crippen LogP) is 2.07. The number of β-amino-alcohol motifs (C(OH)–C–C–N with tert-alkyl or cyclic N) is 1. The number of amides is 3. The molecule has 0 radical (unpaired) electrons. The molecule has 2 heterocycles. The Hall–Kier alpha value is -3.10. The monoisotopic (exact) mass is 412 g/mol. The second kappa shape index (κ2) is 7.97. The third-order valence-corrected chi connectivity index (χ3v) is 5.31. The van der Waals surface area contributed by atoms with Crippen molar-refractivity contribution in [2.45, 2.75) is 32.1 Å². The van der Waals surface area contributed by atoms with Crippen LogP contribution in [0.4, 0.5) is 4.79 Å². The number of carbonyl (C=O) groups is 2. The highest BCUT2D eigenvalue weighted by Gasteiger charge is 2.49. The van der Waals surface area contributed by atoms with Gasteiger partial charge in [0.25, 0.3) is 5.91 Å². The van der Waals surface area contributed by atoms with Crippen LogP contribution >= 0.6 is 0 Å². The second-order valence-electron chi connectivity index (χ2n) is 7.69. The van der Waals surface area contributed by atoms with Crippen molar-refractivity contribution in [3.63, 3.8) is 0 Å². The Kier molecular flexibility index (Phi) is 5.36. The number of aliphatic hydroxyl groups excluding tert-OH is 1. The molecule has 0 spiro atoms. The second-order valence-corrected chi connectivity index (χ2v) is 7.69. The van der Waals surface area contributed by atoms with Gasteiger partial charge >= 0.3 is 6.03 Å². The van der Waals surface area contributed by atoms with Crippen LogP contribution in [-0.2, 0) is 21.7 Å². The standard InChI is InChI=1S/C22H24N2O6/c1-14-3-6-16(7-4-14)22(2)20(26)24(21(27)23-22)10-17(25)12-28-11-15-5-8-18-19(9-15)30-13-29-18/h3-9,17,25H,10-13H2,1-2H3,(H,23,27)/t17-,22+/m0/s1. The minimum absolute atomic E-state index is 0.0211. The molecule has 1 saturated heterocycles. The summed E-state index contributed by atoms with van der Waals surface area (Å²) in [6.07, 6.45) is -1.01. The molecule has 4 rings (SSSR count). The van der Waals surface area contributed by atoms with Crippen molar-refractivity contribution in [2.75, 3.05) is 19.9 Å². The van der Waals surface area contributed by atoms with E-state index >= 15 is 0 Å². The number of aliphatic hydroxyl groups is 1. The van der Waals surface area contributed by atoms with Crippen LogP contribution in [0.5, 0.6) is 11.5 Å². The Morgan fingerprint density at radius 1 is 1.17 bits per heavy atom. The molecule has 30 heavy (non-hydrogen) atoms. The zero-order valence-corrected chi connectivity index (χ0v) is 16.9. The first-order valence-corrected chi connectivity index (χ1v) is 9.72. The molecule has 2 aromatic rings. The van der Waals surface area contributed by atoms with Crippen LogP contribution in [0.1, 0.15) is 23.6 Å². The minimum Gasteiger partial charge on any atom is -0.454 e. The topological polar surface area (TPSA) is 97.3 Å². The van der Waals surface area contributed by atoms with Gasteiger partial charge in [0.2, 0.25) is 6.79 Å². The Bertz CT molecular complexity index is 961. The minimum atomic E-state index is -1.15. The van der Waals surface area contributed by atoms with Gasteiger partial charge in [-0.15, -0.1) is 0 Å². The van der Waals surface area contributed by atoms with Crippen LogP contribution in [0.15, 0.2) is 42.5 Å². The number of nitrogens with zero attached hydrogens (tertiary/aromatic N) is 1. The molecular formula is C22H24N2O6. The Balaban J connectivity index is 1.32. The first-order valence-electron chi connectivity index (χ1n) is 9.72. The van der Waals surface area contributed by atoms with Crippen LogP contribution in [-0.4, -0.2) is 48.0 Å². The van der Waals surface area contributed by atoms with Gasteiger partial charge in [0.05, 0.1) is 25.9 Å². The van der Waals surface area contributed by atoms with Crippen molar-refractivity contribution in [1.82, 2.24) is 10.2 Å². The van der Waals surface area contributed by atoms with E-state index in [-0.39, 0.29) is 26.6 Å². The Morgan fingerprint density at radius 3 is 2.67 bits per heavy atom. The first-order chi connectivity index (χ1) is 14.4. The first kappa shape index (κ1) is 20.2. The summed E-state index contributed by atoms with van der Waals surface area (Å²) in [4.78, 5) is 26.4. The third-order valence-electron chi connectivity index (χ3n) is 5.31. The lowest BCUT2D eigenvalue weighted by Crippen LogP contribution is -2.42. The Morgan fingerprint density at radius 2 is 1.90 bits per heavy atom. The molecule has 2 atom stereocenters. The Labute approximate surface area is 174 Å². The zero-order chi connectivity index (χ0) is 21.3. The number of ether oxygens (including phenoxy) is 3. The van der Waals surface area contributed by atoms with Crippen LogP contribution in [0.2, 0.25) is 0 Å². The van der Waals surface area contributed by atoms with Crippen molar-refractivity contribution in [3.05, 3.63) is 59.2 Å². The molecule has 158 valence electrons. The van der Waals surface area contributed by atoms with Gasteiger partial charge in [-0.25, -0.2) is 4.79 Å². The maximum absolute atomic E-state index is 12.9. The predicted molar refractivity (Wildman–Crippen MR) is 107 cm³/mol. The van der Waals surface area contributed by atoms with Crippen LogP contribution in [0, 0.1) is 6.92 Å². The number of imide groups is 1. The van der Waals surface area contributed by atoms with Gasteiger partial charge in [0.1, 0.15) is 5.54 Å². The maximum Gasteiger partial charge on any atom is 0.325 e. The molecule has 2 aliphatic rings. The SMILES string of the molecule is Cc1ccc([C@@]2(C)NC(=O)N(C[C@H](O)COCc3ccc4c(c3)OCO4)C2=O)cc1. The summed E-state index contributed by atoms with van der Waals surface area (Å²) in [6.45, 7) is 3.91. The van der Waals surface area contributed by atoms with E-state index in [0.29, 0.717) is 17.1 Å². The number of aryl methyl sites for hydroxylation is 1. The number of hydrogen-bond donors (Lipinski definition) is 2. The number of nitrogens with one attached hydrogen (secondary N) is 1. The van der Waals surface area contributed by atoms with Gasteiger partial charge in [-0.2, -0.15) is 0 Å². The van der Waals surface area contributed by atoms with Gasteiger partial charge in [0, 0.05) is 0 Å². The van der Waals surface area contributed by atoms with Crippen molar-refractivity contribution >= 4 is 11.9 Å². The molecular weight excluding hydrogens is 388 g/mol. The van der Waals surface area contributed by atoms with E-state index < -0.39 is 23.6 Å². The summed E-state index contributed by atoms with van der Waals surface area (Å²) < 4.78 is 16.1. The smallest absolute Gasteiger partial charge is 0.325 e.